The Morgan fingerprint density at radius 1 is 1.39 bits per heavy atom. The van der Waals surface area contributed by atoms with Crippen LogP contribution in [0.3, 0.4) is 0 Å². The number of likely N-dealkylation sites (tertiary alicyclic amines) is 1. The fraction of sp³-hybridized carbons (Fsp3) is 0.571. The molecule has 0 bridgehead atoms. The van der Waals surface area contributed by atoms with E-state index in [1.54, 1.807) is 18.2 Å². The SMILES string of the molecule is CC1(O)CCCN(Cc2cccc(Cl)c2F)CC1. The Labute approximate surface area is 112 Å². The van der Waals surface area contributed by atoms with Gasteiger partial charge in [-0.05, 0) is 38.8 Å². The summed E-state index contributed by atoms with van der Waals surface area (Å²) in [5.74, 6) is -0.324. The molecule has 0 saturated carbocycles. The minimum Gasteiger partial charge on any atom is -0.390 e. The van der Waals surface area contributed by atoms with E-state index in [0.717, 1.165) is 32.4 Å². The fourth-order valence-electron chi connectivity index (χ4n) is 2.39. The highest BCUT2D eigenvalue weighted by molar-refractivity contribution is 6.30. The van der Waals surface area contributed by atoms with Crippen molar-refractivity contribution < 1.29 is 9.50 Å². The third-order valence-electron chi connectivity index (χ3n) is 3.58. The largest absolute Gasteiger partial charge is 0.390 e. The molecule has 0 spiro atoms. The van der Waals surface area contributed by atoms with Crippen LogP contribution in [0.1, 0.15) is 31.7 Å². The summed E-state index contributed by atoms with van der Waals surface area (Å²) >= 11 is 5.78. The second-order valence-corrected chi connectivity index (χ2v) is 5.75. The molecule has 4 heteroatoms. The van der Waals surface area contributed by atoms with Crippen LogP contribution in [0.25, 0.3) is 0 Å². The van der Waals surface area contributed by atoms with Gasteiger partial charge < -0.3 is 5.11 Å². The van der Waals surface area contributed by atoms with Crippen molar-refractivity contribution in [1.29, 1.82) is 0 Å². The number of nitrogens with zero attached hydrogens (tertiary/aromatic N) is 1. The van der Waals surface area contributed by atoms with Gasteiger partial charge in [-0.2, -0.15) is 0 Å². The average Bonchev–Trinajstić information content (AvgIpc) is 2.47. The molecule has 1 saturated heterocycles. The summed E-state index contributed by atoms with van der Waals surface area (Å²) in [5, 5.41) is 10.2. The van der Waals surface area contributed by atoms with Gasteiger partial charge in [-0.3, -0.25) is 4.90 Å². The molecule has 1 heterocycles. The Morgan fingerprint density at radius 2 is 2.17 bits per heavy atom. The lowest BCUT2D eigenvalue weighted by atomic mass is 9.98. The van der Waals surface area contributed by atoms with Crippen LogP contribution in [0.5, 0.6) is 0 Å². The monoisotopic (exact) mass is 271 g/mol. The van der Waals surface area contributed by atoms with Gasteiger partial charge in [-0.25, -0.2) is 4.39 Å². The predicted molar refractivity (Wildman–Crippen MR) is 71.2 cm³/mol. The molecule has 1 N–H and O–H groups in total. The van der Waals surface area contributed by atoms with E-state index in [-0.39, 0.29) is 10.8 Å². The van der Waals surface area contributed by atoms with Gasteiger partial charge >= 0.3 is 0 Å². The smallest absolute Gasteiger partial charge is 0.146 e. The summed E-state index contributed by atoms with van der Waals surface area (Å²) in [6, 6.07) is 5.10. The minimum atomic E-state index is -0.582. The molecule has 0 aliphatic carbocycles. The highest BCUT2D eigenvalue weighted by Gasteiger charge is 2.25. The minimum absolute atomic E-state index is 0.175. The second-order valence-electron chi connectivity index (χ2n) is 5.34. The maximum absolute atomic E-state index is 13.8. The van der Waals surface area contributed by atoms with Gasteiger partial charge in [0.1, 0.15) is 5.82 Å². The van der Waals surface area contributed by atoms with Crippen molar-refractivity contribution in [1.82, 2.24) is 4.90 Å². The Hall–Kier alpha value is -0.640. The molecular weight excluding hydrogens is 253 g/mol. The third-order valence-corrected chi connectivity index (χ3v) is 3.87. The van der Waals surface area contributed by atoms with Gasteiger partial charge in [-0.1, -0.05) is 23.7 Å². The van der Waals surface area contributed by atoms with E-state index in [4.69, 9.17) is 11.6 Å². The number of halogens is 2. The molecule has 0 radical (unpaired) electrons. The van der Waals surface area contributed by atoms with E-state index in [1.807, 2.05) is 6.92 Å². The molecule has 18 heavy (non-hydrogen) atoms. The summed E-state index contributed by atoms with van der Waals surface area (Å²) < 4.78 is 13.8. The van der Waals surface area contributed by atoms with Crippen molar-refractivity contribution in [2.45, 2.75) is 38.3 Å². The van der Waals surface area contributed by atoms with E-state index in [1.165, 1.54) is 0 Å². The van der Waals surface area contributed by atoms with E-state index >= 15 is 0 Å². The number of rotatable bonds is 2. The van der Waals surface area contributed by atoms with Gasteiger partial charge in [0, 0.05) is 18.7 Å². The average molecular weight is 272 g/mol. The van der Waals surface area contributed by atoms with Gasteiger partial charge in [0.05, 0.1) is 10.6 Å². The molecule has 1 aromatic carbocycles. The van der Waals surface area contributed by atoms with E-state index < -0.39 is 5.60 Å². The van der Waals surface area contributed by atoms with E-state index in [9.17, 15) is 9.50 Å². The molecular formula is C14H19ClFNO. The second kappa shape index (κ2) is 5.55. The molecule has 2 nitrogen and oxygen atoms in total. The summed E-state index contributed by atoms with van der Waals surface area (Å²) in [7, 11) is 0. The Kier molecular flexibility index (Phi) is 4.25. The zero-order chi connectivity index (χ0) is 13.2. The summed E-state index contributed by atoms with van der Waals surface area (Å²) in [6.07, 6.45) is 2.48. The van der Waals surface area contributed by atoms with Gasteiger partial charge in [0.25, 0.3) is 0 Å². The van der Waals surface area contributed by atoms with Gasteiger partial charge in [-0.15, -0.1) is 0 Å². The standard InChI is InChI=1S/C14H19ClFNO/c1-14(18)6-3-8-17(9-7-14)10-11-4-2-5-12(15)13(11)16/h2,4-5,18H,3,6-10H2,1H3. The Morgan fingerprint density at radius 3 is 2.94 bits per heavy atom. The molecule has 100 valence electrons. The molecule has 1 aromatic rings. The number of hydrogen-bond donors (Lipinski definition) is 1. The van der Waals surface area contributed by atoms with Crippen molar-refractivity contribution in [3.05, 3.63) is 34.6 Å². The van der Waals surface area contributed by atoms with Crippen LogP contribution in [-0.4, -0.2) is 28.7 Å². The van der Waals surface area contributed by atoms with Crippen LogP contribution < -0.4 is 0 Å². The quantitative estimate of drug-likeness (QED) is 0.893. The Balaban J connectivity index is 2.03. The first kappa shape index (κ1) is 13.8. The molecule has 1 aliphatic rings. The van der Waals surface area contributed by atoms with E-state index in [0.29, 0.717) is 12.1 Å². The first-order valence-corrected chi connectivity index (χ1v) is 6.73. The lowest BCUT2D eigenvalue weighted by Crippen LogP contribution is -2.28. The van der Waals surface area contributed by atoms with Crippen LogP contribution in [0, 0.1) is 5.82 Å². The molecule has 1 atom stereocenters. The highest BCUT2D eigenvalue weighted by atomic mass is 35.5. The van der Waals surface area contributed by atoms with Crippen molar-refractivity contribution >= 4 is 11.6 Å². The first-order valence-electron chi connectivity index (χ1n) is 6.35. The third kappa shape index (κ3) is 3.44. The summed E-state index contributed by atoms with van der Waals surface area (Å²) in [5.41, 5.74) is 0.0470. The summed E-state index contributed by atoms with van der Waals surface area (Å²) in [6.45, 7) is 4.11. The first-order chi connectivity index (χ1) is 8.48. The molecule has 1 unspecified atom stereocenters. The van der Waals surface area contributed by atoms with Crippen molar-refractivity contribution in [3.63, 3.8) is 0 Å². The van der Waals surface area contributed by atoms with E-state index in [2.05, 4.69) is 4.90 Å². The maximum atomic E-state index is 13.8. The lowest BCUT2D eigenvalue weighted by Gasteiger charge is -2.22. The van der Waals surface area contributed by atoms with Crippen LogP contribution in [0.15, 0.2) is 18.2 Å². The Bertz CT molecular complexity index is 422. The number of aliphatic hydroxyl groups is 1. The fourth-order valence-corrected chi connectivity index (χ4v) is 2.58. The normalized spacial score (nSPS) is 26.0. The van der Waals surface area contributed by atoms with Crippen molar-refractivity contribution in [2.24, 2.45) is 0 Å². The molecule has 0 amide bonds. The van der Waals surface area contributed by atoms with Gasteiger partial charge in [0.15, 0.2) is 0 Å². The van der Waals surface area contributed by atoms with Crippen molar-refractivity contribution in [3.8, 4) is 0 Å². The van der Waals surface area contributed by atoms with Crippen LogP contribution in [0.2, 0.25) is 5.02 Å². The molecule has 1 fully saturated rings. The molecule has 0 aromatic heterocycles. The number of benzene rings is 1. The maximum Gasteiger partial charge on any atom is 0.146 e. The number of hydrogen-bond acceptors (Lipinski definition) is 2. The van der Waals surface area contributed by atoms with Crippen LogP contribution in [-0.2, 0) is 6.54 Å². The molecule has 1 aliphatic heterocycles. The lowest BCUT2D eigenvalue weighted by molar-refractivity contribution is 0.0444. The molecule has 2 rings (SSSR count). The predicted octanol–water partition coefficient (Wildman–Crippen LogP) is 3.22. The topological polar surface area (TPSA) is 23.5 Å². The highest BCUT2D eigenvalue weighted by Crippen LogP contribution is 2.24. The van der Waals surface area contributed by atoms with Crippen molar-refractivity contribution in [2.75, 3.05) is 13.1 Å². The van der Waals surface area contributed by atoms with Gasteiger partial charge in [0.2, 0.25) is 0 Å². The summed E-state index contributed by atoms with van der Waals surface area (Å²) in [4.78, 5) is 2.18. The zero-order valence-electron chi connectivity index (χ0n) is 10.6. The van der Waals surface area contributed by atoms with Crippen LogP contribution in [0.4, 0.5) is 4.39 Å². The zero-order valence-corrected chi connectivity index (χ0v) is 11.4. The van der Waals surface area contributed by atoms with Crippen LogP contribution >= 0.6 is 11.6 Å².